The molecule has 0 aliphatic rings. The third-order valence-corrected chi connectivity index (χ3v) is 2.35. The van der Waals surface area contributed by atoms with Crippen LogP contribution in [0.3, 0.4) is 0 Å². The van der Waals surface area contributed by atoms with Gasteiger partial charge in [0, 0.05) is 0 Å². The Morgan fingerprint density at radius 3 is 1.00 bits per heavy atom. The van der Waals surface area contributed by atoms with Gasteiger partial charge in [-0.1, -0.05) is 46.3 Å². The van der Waals surface area contributed by atoms with Gasteiger partial charge in [-0.2, -0.15) is 0 Å². The Bertz CT molecular complexity index is 111. The van der Waals surface area contributed by atoms with Crippen LogP contribution in [0.5, 0.6) is 0 Å². The quantitative estimate of drug-likeness (QED) is 0.524. The molecule has 0 saturated carbocycles. The lowest BCUT2D eigenvalue weighted by Gasteiger charge is -2.13. The summed E-state index contributed by atoms with van der Waals surface area (Å²) >= 11 is 0. The first-order valence-electron chi connectivity index (χ1n) is 4.14. The molecule has 0 aliphatic carbocycles. The summed E-state index contributed by atoms with van der Waals surface area (Å²) in [6.07, 6.45) is 0. The molecular weight excluding hydrogens is 132 g/mol. The van der Waals surface area contributed by atoms with Crippen LogP contribution in [0.15, 0.2) is 11.1 Å². The third kappa shape index (κ3) is 4.23. The molecule has 0 aliphatic heterocycles. The van der Waals surface area contributed by atoms with Gasteiger partial charge in [0.15, 0.2) is 0 Å². The van der Waals surface area contributed by atoms with E-state index in [1.165, 1.54) is 0 Å². The van der Waals surface area contributed by atoms with Crippen LogP contribution in [0.4, 0.5) is 0 Å². The van der Waals surface area contributed by atoms with Gasteiger partial charge in [-0.05, 0) is 25.7 Å². The first-order chi connectivity index (χ1) is 4.46. The molecule has 0 unspecified atom stereocenters. The van der Waals surface area contributed by atoms with E-state index >= 15 is 0 Å². The molecule has 0 radical (unpaired) electrons. The summed E-state index contributed by atoms with van der Waals surface area (Å²) in [5, 5.41) is 0. The summed E-state index contributed by atoms with van der Waals surface area (Å²) in [4.78, 5) is 0. The fourth-order valence-corrected chi connectivity index (χ4v) is 0.911. The molecular formula is C11H24. The molecule has 0 heteroatoms. The van der Waals surface area contributed by atoms with Crippen LogP contribution in [0.2, 0.25) is 0 Å². The zero-order valence-electron chi connectivity index (χ0n) is 8.15. The second kappa shape index (κ2) is 5.40. The highest BCUT2D eigenvalue weighted by Crippen LogP contribution is 2.19. The Morgan fingerprint density at radius 2 is 0.909 bits per heavy atom. The Hall–Kier alpha value is -0.260. The topological polar surface area (TPSA) is 0 Å². The number of allylic oxidation sites excluding steroid dienone is 2. The Morgan fingerprint density at radius 1 is 0.727 bits per heavy atom. The number of rotatable bonds is 2. The summed E-state index contributed by atoms with van der Waals surface area (Å²) < 4.78 is 0. The third-order valence-electron chi connectivity index (χ3n) is 2.35. The Balaban J connectivity index is 0. The molecule has 0 bridgehead atoms. The van der Waals surface area contributed by atoms with Gasteiger partial charge in [0.1, 0.15) is 0 Å². The fraction of sp³-hybridized carbons (Fsp3) is 0.818. The molecule has 0 saturated heterocycles. The number of hydrogen-bond donors (Lipinski definition) is 0. The lowest BCUT2D eigenvalue weighted by Crippen LogP contribution is -1.98. The van der Waals surface area contributed by atoms with E-state index in [0.717, 1.165) is 0 Å². The maximum absolute atomic E-state index is 2.25. The van der Waals surface area contributed by atoms with Crippen LogP contribution in [-0.4, -0.2) is 0 Å². The molecule has 0 N–H and O–H groups in total. The summed E-state index contributed by atoms with van der Waals surface area (Å²) in [5.41, 5.74) is 3.10. The molecule has 0 rings (SSSR count). The smallest absolute Gasteiger partial charge is 0.0260 e. The fourth-order valence-electron chi connectivity index (χ4n) is 0.911. The van der Waals surface area contributed by atoms with Crippen molar-refractivity contribution >= 4 is 0 Å². The Kier molecular flexibility index (Phi) is 6.55. The summed E-state index contributed by atoms with van der Waals surface area (Å²) in [7, 11) is 0. The standard InChI is InChI=1S/C10H20.CH4/c1-7(2)9(5)10(6)8(3)4;/h7-8H,1-6H3;1H4/b10-9-;. The number of hydrogen-bond acceptors (Lipinski definition) is 0. The van der Waals surface area contributed by atoms with E-state index in [1.807, 2.05) is 0 Å². The lowest BCUT2D eigenvalue weighted by molar-refractivity contribution is 0.691. The highest BCUT2D eigenvalue weighted by molar-refractivity contribution is 5.13. The minimum Gasteiger partial charge on any atom is -0.0776 e. The van der Waals surface area contributed by atoms with Crippen LogP contribution in [0.1, 0.15) is 49.0 Å². The van der Waals surface area contributed by atoms with Gasteiger partial charge < -0.3 is 0 Å². The average molecular weight is 156 g/mol. The van der Waals surface area contributed by atoms with Crippen molar-refractivity contribution in [3.63, 3.8) is 0 Å². The monoisotopic (exact) mass is 156 g/mol. The molecule has 0 amide bonds. The maximum atomic E-state index is 2.25. The van der Waals surface area contributed by atoms with Crippen molar-refractivity contribution in [1.29, 1.82) is 0 Å². The van der Waals surface area contributed by atoms with E-state index < -0.39 is 0 Å². The van der Waals surface area contributed by atoms with E-state index in [9.17, 15) is 0 Å². The van der Waals surface area contributed by atoms with Crippen molar-refractivity contribution in [1.82, 2.24) is 0 Å². The molecule has 68 valence electrons. The van der Waals surface area contributed by atoms with Gasteiger partial charge in [0.2, 0.25) is 0 Å². The predicted molar refractivity (Wildman–Crippen MR) is 54.8 cm³/mol. The minimum absolute atomic E-state index is 0. The van der Waals surface area contributed by atoms with Crippen LogP contribution >= 0.6 is 0 Å². The summed E-state index contributed by atoms with van der Waals surface area (Å²) in [6.45, 7) is 13.5. The highest BCUT2D eigenvalue weighted by Gasteiger charge is 2.03. The second-order valence-corrected chi connectivity index (χ2v) is 3.68. The maximum Gasteiger partial charge on any atom is -0.0260 e. The summed E-state index contributed by atoms with van der Waals surface area (Å²) in [5.74, 6) is 1.42. The van der Waals surface area contributed by atoms with Gasteiger partial charge in [0.05, 0.1) is 0 Å². The second-order valence-electron chi connectivity index (χ2n) is 3.68. The first-order valence-corrected chi connectivity index (χ1v) is 4.14. The molecule has 0 nitrogen and oxygen atoms in total. The minimum atomic E-state index is 0. The predicted octanol–water partition coefficient (Wildman–Crippen LogP) is 4.27. The van der Waals surface area contributed by atoms with E-state index in [1.54, 1.807) is 11.1 Å². The van der Waals surface area contributed by atoms with Crippen molar-refractivity contribution < 1.29 is 0 Å². The van der Waals surface area contributed by atoms with Gasteiger partial charge in [-0.25, -0.2) is 0 Å². The van der Waals surface area contributed by atoms with E-state index in [-0.39, 0.29) is 7.43 Å². The van der Waals surface area contributed by atoms with Crippen molar-refractivity contribution in [3.05, 3.63) is 11.1 Å². The van der Waals surface area contributed by atoms with Crippen molar-refractivity contribution in [2.75, 3.05) is 0 Å². The van der Waals surface area contributed by atoms with Crippen LogP contribution < -0.4 is 0 Å². The van der Waals surface area contributed by atoms with E-state index in [4.69, 9.17) is 0 Å². The molecule has 0 aromatic rings. The zero-order valence-corrected chi connectivity index (χ0v) is 8.15. The lowest BCUT2D eigenvalue weighted by atomic mass is 9.93. The van der Waals surface area contributed by atoms with Crippen LogP contribution in [-0.2, 0) is 0 Å². The summed E-state index contributed by atoms with van der Waals surface area (Å²) in [6, 6.07) is 0. The average Bonchev–Trinajstić information content (AvgIpc) is 1.84. The van der Waals surface area contributed by atoms with Gasteiger partial charge in [-0.15, -0.1) is 0 Å². The SMILES string of the molecule is C.C/C(=C(\C)C(C)C)C(C)C. The Labute approximate surface area is 72.7 Å². The van der Waals surface area contributed by atoms with Crippen molar-refractivity contribution in [2.45, 2.75) is 49.0 Å². The normalized spacial score (nSPS) is 13.1. The molecule has 0 aromatic carbocycles. The molecule has 0 aromatic heterocycles. The molecule has 11 heavy (non-hydrogen) atoms. The van der Waals surface area contributed by atoms with Crippen LogP contribution in [0.25, 0.3) is 0 Å². The molecule has 0 fully saturated rings. The molecule has 0 atom stereocenters. The van der Waals surface area contributed by atoms with Crippen molar-refractivity contribution in [2.24, 2.45) is 11.8 Å². The largest absolute Gasteiger partial charge is 0.0776 e. The van der Waals surface area contributed by atoms with E-state index in [2.05, 4.69) is 41.5 Å². The van der Waals surface area contributed by atoms with Crippen LogP contribution in [0, 0.1) is 11.8 Å². The molecule has 0 heterocycles. The van der Waals surface area contributed by atoms with E-state index in [0.29, 0.717) is 11.8 Å². The van der Waals surface area contributed by atoms with Gasteiger partial charge >= 0.3 is 0 Å². The molecule has 0 spiro atoms. The first kappa shape index (κ1) is 13.3. The zero-order chi connectivity index (χ0) is 8.31. The highest BCUT2D eigenvalue weighted by atomic mass is 14.1. The van der Waals surface area contributed by atoms with Gasteiger partial charge in [0.25, 0.3) is 0 Å². The van der Waals surface area contributed by atoms with Crippen molar-refractivity contribution in [3.8, 4) is 0 Å². The van der Waals surface area contributed by atoms with Gasteiger partial charge in [-0.3, -0.25) is 0 Å².